The van der Waals surface area contributed by atoms with Crippen LogP contribution in [0.3, 0.4) is 0 Å². The van der Waals surface area contributed by atoms with Crippen LogP contribution in [0.15, 0.2) is 53.5 Å². The minimum absolute atomic E-state index is 0.261. The summed E-state index contributed by atoms with van der Waals surface area (Å²) < 4.78 is 7.15. The summed E-state index contributed by atoms with van der Waals surface area (Å²) in [6.45, 7) is 0.820. The molecule has 0 saturated carbocycles. The predicted molar refractivity (Wildman–Crippen MR) is 80.5 cm³/mol. The molecule has 0 spiro atoms. The number of nitrogens with zero attached hydrogens (tertiary/aromatic N) is 3. The largest absolute Gasteiger partial charge is 0.454 e. The summed E-state index contributed by atoms with van der Waals surface area (Å²) in [6.07, 6.45) is 6.62. The van der Waals surface area contributed by atoms with E-state index < -0.39 is 0 Å². The molecule has 0 aliphatic rings. The fraction of sp³-hybridized carbons (Fsp3) is 0.133. The highest BCUT2D eigenvalue weighted by Crippen LogP contribution is 2.11. The Morgan fingerprint density at radius 2 is 2.23 bits per heavy atom. The highest BCUT2D eigenvalue weighted by Gasteiger charge is 2.11. The first-order valence-corrected chi connectivity index (χ1v) is 7.02. The summed E-state index contributed by atoms with van der Waals surface area (Å²) in [5, 5.41) is 7.40. The molecule has 1 N–H and O–H groups in total. The third kappa shape index (κ3) is 3.53. The van der Waals surface area contributed by atoms with E-state index in [0.717, 1.165) is 5.56 Å². The van der Waals surface area contributed by atoms with Gasteiger partial charge in [-0.15, -0.1) is 0 Å². The Kier molecular flexibility index (Phi) is 4.20. The maximum atomic E-state index is 12.0. The lowest BCUT2D eigenvalue weighted by molar-refractivity contribution is 0.0921. The highest BCUT2D eigenvalue weighted by molar-refractivity contribution is 6.30. The molecule has 1 amide bonds. The monoisotopic (exact) mass is 316 g/mol. The summed E-state index contributed by atoms with van der Waals surface area (Å²) in [5.74, 6) is 0.622. The van der Waals surface area contributed by atoms with Crippen molar-refractivity contribution < 1.29 is 9.21 Å². The smallest absolute Gasteiger partial charge is 0.287 e. The quantitative estimate of drug-likeness (QED) is 0.785. The lowest BCUT2D eigenvalue weighted by Gasteiger charge is -2.02. The first-order valence-electron chi connectivity index (χ1n) is 6.64. The van der Waals surface area contributed by atoms with Crippen LogP contribution in [-0.2, 0) is 13.1 Å². The van der Waals surface area contributed by atoms with E-state index in [4.69, 9.17) is 16.0 Å². The van der Waals surface area contributed by atoms with Gasteiger partial charge in [0, 0.05) is 25.1 Å². The summed E-state index contributed by atoms with van der Waals surface area (Å²) >= 11 is 5.80. The Hall–Kier alpha value is -2.60. The summed E-state index contributed by atoms with van der Waals surface area (Å²) in [7, 11) is 0. The van der Waals surface area contributed by atoms with E-state index in [2.05, 4.69) is 15.4 Å². The van der Waals surface area contributed by atoms with Crippen LogP contribution in [0, 0.1) is 0 Å². The van der Waals surface area contributed by atoms with Crippen molar-refractivity contribution in [1.29, 1.82) is 0 Å². The third-order valence-electron chi connectivity index (χ3n) is 2.98. The van der Waals surface area contributed by atoms with Crippen molar-refractivity contribution in [2.24, 2.45) is 0 Å². The van der Waals surface area contributed by atoms with E-state index in [9.17, 15) is 4.79 Å². The normalized spacial score (nSPS) is 10.6. The van der Waals surface area contributed by atoms with Gasteiger partial charge in [-0.3, -0.25) is 14.5 Å². The van der Waals surface area contributed by atoms with Crippen LogP contribution in [0.1, 0.15) is 21.9 Å². The average molecular weight is 317 g/mol. The van der Waals surface area contributed by atoms with Crippen LogP contribution >= 0.6 is 11.6 Å². The van der Waals surface area contributed by atoms with Gasteiger partial charge in [0.25, 0.3) is 5.91 Å². The van der Waals surface area contributed by atoms with E-state index in [0.29, 0.717) is 23.9 Å². The SMILES string of the molecule is O=C(NCc1cccnc1)c1ccc(Cn2cc(Cl)cn2)o1. The van der Waals surface area contributed by atoms with Crippen molar-refractivity contribution >= 4 is 17.5 Å². The Morgan fingerprint density at radius 1 is 1.32 bits per heavy atom. The molecule has 0 radical (unpaired) electrons. The number of pyridine rings is 1. The Bertz CT molecular complexity index is 767. The molecule has 3 aromatic heterocycles. The van der Waals surface area contributed by atoms with Crippen molar-refractivity contribution in [3.63, 3.8) is 0 Å². The summed E-state index contributed by atoms with van der Waals surface area (Å²) in [6, 6.07) is 7.09. The van der Waals surface area contributed by atoms with Gasteiger partial charge in [0.2, 0.25) is 0 Å². The zero-order chi connectivity index (χ0) is 15.4. The van der Waals surface area contributed by atoms with Gasteiger partial charge in [-0.25, -0.2) is 0 Å². The maximum absolute atomic E-state index is 12.0. The third-order valence-corrected chi connectivity index (χ3v) is 3.18. The molecular weight excluding hydrogens is 304 g/mol. The standard InChI is InChI=1S/C15H13ClN4O2/c16-12-8-19-20(9-12)10-13-3-4-14(22-13)15(21)18-7-11-2-1-5-17-6-11/h1-6,8-9H,7,10H2,(H,18,21). The Labute approximate surface area is 131 Å². The molecular formula is C15H13ClN4O2. The molecule has 3 heterocycles. The number of rotatable bonds is 5. The van der Waals surface area contributed by atoms with E-state index >= 15 is 0 Å². The van der Waals surface area contributed by atoms with Crippen LogP contribution < -0.4 is 5.32 Å². The molecule has 0 unspecified atom stereocenters. The molecule has 0 saturated heterocycles. The fourth-order valence-corrected chi connectivity index (χ4v) is 2.10. The zero-order valence-electron chi connectivity index (χ0n) is 11.6. The highest BCUT2D eigenvalue weighted by atomic mass is 35.5. The summed E-state index contributed by atoms with van der Waals surface area (Å²) in [4.78, 5) is 16.0. The van der Waals surface area contributed by atoms with Gasteiger partial charge in [-0.2, -0.15) is 5.10 Å². The number of furan rings is 1. The molecule has 3 rings (SSSR count). The topological polar surface area (TPSA) is 73.0 Å². The van der Waals surface area contributed by atoms with E-state index in [-0.39, 0.29) is 11.7 Å². The molecule has 6 nitrogen and oxygen atoms in total. The molecule has 22 heavy (non-hydrogen) atoms. The van der Waals surface area contributed by atoms with Crippen molar-refractivity contribution in [2.75, 3.05) is 0 Å². The van der Waals surface area contributed by atoms with Gasteiger partial charge in [0.1, 0.15) is 5.76 Å². The first-order chi connectivity index (χ1) is 10.7. The van der Waals surface area contributed by atoms with Gasteiger partial charge >= 0.3 is 0 Å². The molecule has 112 valence electrons. The number of hydrogen-bond acceptors (Lipinski definition) is 4. The number of amides is 1. The average Bonchev–Trinajstić information content (AvgIpc) is 3.16. The maximum Gasteiger partial charge on any atom is 0.287 e. The second-order valence-corrected chi connectivity index (χ2v) is 5.10. The fourth-order valence-electron chi connectivity index (χ4n) is 1.94. The molecule has 0 aliphatic heterocycles. The van der Waals surface area contributed by atoms with Crippen LogP contribution in [0.2, 0.25) is 5.02 Å². The number of carbonyl (C=O) groups is 1. The number of carbonyl (C=O) groups excluding carboxylic acids is 1. The molecule has 7 heteroatoms. The number of hydrogen-bond donors (Lipinski definition) is 1. The van der Waals surface area contributed by atoms with Crippen LogP contribution in [0.25, 0.3) is 0 Å². The second kappa shape index (κ2) is 6.44. The van der Waals surface area contributed by atoms with Gasteiger partial charge in [-0.05, 0) is 23.8 Å². The molecule has 0 atom stereocenters. The van der Waals surface area contributed by atoms with Gasteiger partial charge < -0.3 is 9.73 Å². The lowest BCUT2D eigenvalue weighted by atomic mass is 10.3. The van der Waals surface area contributed by atoms with Gasteiger partial charge in [0.05, 0.1) is 17.8 Å². The molecule has 0 fully saturated rings. The number of nitrogens with one attached hydrogen (secondary N) is 1. The van der Waals surface area contributed by atoms with Crippen molar-refractivity contribution in [3.8, 4) is 0 Å². The molecule has 0 aliphatic carbocycles. The predicted octanol–water partition coefficient (Wildman–Crippen LogP) is 2.50. The Balaban J connectivity index is 1.59. The lowest BCUT2D eigenvalue weighted by Crippen LogP contribution is -2.22. The van der Waals surface area contributed by atoms with Gasteiger partial charge in [-0.1, -0.05) is 17.7 Å². The number of aromatic nitrogens is 3. The van der Waals surface area contributed by atoms with Crippen LogP contribution in [-0.4, -0.2) is 20.7 Å². The van der Waals surface area contributed by atoms with E-state index in [1.807, 2.05) is 12.1 Å². The van der Waals surface area contributed by atoms with Crippen molar-refractivity contribution in [3.05, 3.63) is 71.2 Å². The van der Waals surface area contributed by atoms with E-state index in [1.165, 1.54) is 0 Å². The van der Waals surface area contributed by atoms with Gasteiger partial charge in [0.15, 0.2) is 5.76 Å². The summed E-state index contributed by atoms with van der Waals surface area (Å²) in [5.41, 5.74) is 0.925. The van der Waals surface area contributed by atoms with Crippen LogP contribution in [0.5, 0.6) is 0 Å². The number of halogens is 1. The minimum Gasteiger partial charge on any atom is -0.454 e. The molecule has 0 bridgehead atoms. The van der Waals surface area contributed by atoms with E-state index in [1.54, 1.807) is 41.6 Å². The van der Waals surface area contributed by atoms with Crippen molar-refractivity contribution in [1.82, 2.24) is 20.1 Å². The van der Waals surface area contributed by atoms with Crippen LogP contribution in [0.4, 0.5) is 0 Å². The second-order valence-electron chi connectivity index (χ2n) is 4.67. The molecule has 3 aromatic rings. The minimum atomic E-state index is -0.270. The molecule has 0 aromatic carbocycles. The Morgan fingerprint density at radius 3 is 2.95 bits per heavy atom. The zero-order valence-corrected chi connectivity index (χ0v) is 12.3. The van der Waals surface area contributed by atoms with Crippen molar-refractivity contribution in [2.45, 2.75) is 13.1 Å². The first kappa shape index (κ1) is 14.3.